The molecule has 1 heterocycles. The number of phenols is 1. The van der Waals surface area contributed by atoms with Crippen molar-refractivity contribution in [3.8, 4) is 5.75 Å². The third-order valence-corrected chi connectivity index (χ3v) is 8.65. The SMILES string of the molecule is COC(OC)C1CCN(c2ccc([C@H]3c4ccc(O)cc4CC[C@H]3C3CCCC3)cc2)CC1. The van der Waals surface area contributed by atoms with Crippen molar-refractivity contribution in [1.82, 2.24) is 0 Å². The molecule has 1 saturated carbocycles. The molecule has 0 amide bonds. The molecule has 4 nitrogen and oxygen atoms in total. The van der Waals surface area contributed by atoms with E-state index in [1.165, 1.54) is 54.5 Å². The number of rotatable bonds is 6. The number of anilines is 1. The third kappa shape index (κ3) is 4.65. The number of phenolic OH excluding ortho intramolecular Hbond substituents is 1. The minimum atomic E-state index is -0.0900. The molecule has 0 unspecified atom stereocenters. The number of benzene rings is 2. The van der Waals surface area contributed by atoms with E-state index in [4.69, 9.17) is 9.47 Å². The van der Waals surface area contributed by atoms with Gasteiger partial charge in [0.05, 0.1) is 0 Å². The number of fused-ring (bicyclic) bond motifs is 1. The molecular formula is C29H39NO3. The van der Waals surface area contributed by atoms with Crippen molar-refractivity contribution in [3.63, 3.8) is 0 Å². The summed E-state index contributed by atoms with van der Waals surface area (Å²) in [5.74, 6) is 2.87. The summed E-state index contributed by atoms with van der Waals surface area (Å²) >= 11 is 0. The molecule has 4 heteroatoms. The molecule has 1 aliphatic heterocycles. The Labute approximate surface area is 198 Å². The lowest BCUT2D eigenvalue weighted by Crippen LogP contribution is -2.39. The normalized spacial score (nSPS) is 24.4. The van der Waals surface area contributed by atoms with Crippen molar-refractivity contribution in [1.29, 1.82) is 0 Å². The van der Waals surface area contributed by atoms with Gasteiger partial charge in [-0.3, -0.25) is 0 Å². The quantitative estimate of drug-likeness (QED) is 0.540. The van der Waals surface area contributed by atoms with Crippen LogP contribution < -0.4 is 4.90 Å². The smallest absolute Gasteiger partial charge is 0.159 e. The van der Waals surface area contributed by atoms with Gasteiger partial charge in [0.2, 0.25) is 0 Å². The highest BCUT2D eigenvalue weighted by molar-refractivity contribution is 5.51. The summed E-state index contributed by atoms with van der Waals surface area (Å²) in [5.41, 5.74) is 5.54. The van der Waals surface area contributed by atoms with Gasteiger partial charge in [0, 0.05) is 44.8 Å². The second-order valence-corrected chi connectivity index (χ2v) is 10.4. The first kappa shape index (κ1) is 22.7. The van der Waals surface area contributed by atoms with E-state index in [2.05, 4.69) is 35.2 Å². The Morgan fingerprint density at radius 1 is 0.879 bits per heavy atom. The van der Waals surface area contributed by atoms with E-state index < -0.39 is 0 Å². The van der Waals surface area contributed by atoms with E-state index in [-0.39, 0.29) is 6.29 Å². The summed E-state index contributed by atoms with van der Waals surface area (Å²) in [7, 11) is 3.48. The molecule has 2 aliphatic carbocycles. The molecule has 33 heavy (non-hydrogen) atoms. The number of aryl methyl sites for hydroxylation is 1. The molecule has 0 radical (unpaired) electrons. The fourth-order valence-electron chi connectivity index (χ4n) is 6.96. The van der Waals surface area contributed by atoms with Crippen molar-refractivity contribution < 1.29 is 14.6 Å². The van der Waals surface area contributed by atoms with Crippen LogP contribution >= 0.6 is 0 Å². The van der Waals surface area contributed by atoms with Crippen LogP contribution in [0.1, 0.15) is 67.6 Å². The number of ether oxygens (including phenoxy) is 2. The predicted molar refractivity (Wildman–Crippen MR) is 133 cm³/mol. The van der Waals surface area contributed by atoms with Gasteiger partial charge >= 0.3 is 0 Å². The van der Waals surface area contributed by atoms with Crippen LogP contribution in [0.15, 0.2) is 42.5 Å². The summed E-state index contributed by atoms with van der Waals surface area (Å²) in [6, 6.07) is 15.5. The number of piperidine rings is 1. The van der Waals surface area contributed by atoms with E-state index in [1.807, 2.05) is 12.1 Å². The largest absolute Gasteiger partial charge is 0.508 e. The van der Waals surface area contributed by atoms with Gasteiger partial charge in [-0.05, 0) is 78.5 Å². The Balaban J connectivity index is 1.36. The number of hydrogen-bond donors (Lipinski definition) is 1. The van der Waals surface area contributed by atoms with Crippen LogP contribution in [0.3, 0.4) is 0 Å². The Morgan fingerprint density at radius 3 is 2.24 bits per heavy atom. The van der Waals surface area contributed by atoms with Crippen molar-refractivity contribution in [2.75, 3.05) is 32.2 Å². The zero-order chi connectivity index (χ0) is 22.8. The number of aromatic hydroxyl groups is 1. The van der Waals surface area contributed by atoms with Gasteiger partial charge in [-0.15, -0.1) is 0 Å². The molecule has 1 N–H and O–H groups in total. The van der Waals surface area contributed by atoms with Crippen molar-refractivity contribution in [2.45, 2.75) is 63.6 Å². The molecule has 0 spiro atoms. The standard InChI is InChI=1S/C29H39NO3/c1-32-29(33-2)22-15-17-30(18-16-22)24-10-7-21(8-11-24)28-26(20-5-3-4-6-20)13-9-23-19-25(31)12-14-27(23)28/h7-8,10-12,14,19-20,22,26,28-29,31H,3-6,9,13,15-18H2,1-2H3/t26-,28+/m0/s1. The Morgan fingerprint density at radius 2 is 1.58 bits per heavy atom. The lowest BCUT2D eigenvalue weighted by atomic mass is 9.66. The van der Waals surface area contributed by atoms with E-state index in [0.29, 0.717) is 23.5 Å². The second kappa shape index (κ2) is 10.1. The average Bonchev–Trinajstić information content (AvgIpc) is 3.39. The maximum Gasteiger partial charge on any atom is 0.159 e. The number of methoxy groups -OCH3 is 2. The van der Waals surface area contributed by atoms with Crippen LogP contribution in [-0.4, -0.2) is 38.7 Å². The van der Waals surface area contributed by atoms with Crippen LogP contribution in [-0.2, 0) is 15.9 Å². The van der Waals surface area contributed by atoms with E-state index in [9.17, 15) is 5.11 Å². The van der Waals surface area contributed by atoms with Gasteiger partial charge in [-0.1, -0.05) is 43.9 Å². The van der Waals surface area contributed by atoms with E-state index >= 15 is 0 Å². The predicted octanol–water partition coefficient (Wildman–Crippen LogP) is 6.11. The summed E-state index contributed by atoms with van der Waals surface area (Å²) < 4.78 is 11.0. The zero-order valence-corrected chi connectivity index (χ0v) is 20.2. The molecule has 2 aromatic carbocycles. The molecule has 2 aromatic rings. The van der Waals surface area contributed by atoms with Crippen molar-refractivity contribution in [2.24, 2.45) is 17.8 Å². The minimum Gasteiger partial charge on any atom is -0.508 e. The molecular weight excluding hydrogens is 410 g/mol. The van der Waals surface area contributed by atoms with Gasteiger partial charge in [0.15, 0.2) is 6.29 Å². The highest BCUT2D eigenvalue weighted by atomic mass is 16.7. The summed E-state index contributed by atoms with van der Waals surface area (Å²) in [6.07, 6.45) is 9.97. The number of nitrogens with zero attached hydrogens (tertiary/aromatic N) is 1. The fraction of sp³-hybridized carbons (Fsp3) is 0.586. The van der Waals surface area contributed by atoms with Gasteiger partial charge in [0.1, 0.15) is 5.75 Å². The van der Waals surface area contributed by atoms with Crippen LogP contribution in [0.2, 0.25) is 0 Å². The molecule has 178 valence electrons. The first-order valence-corrected chi connectivity index (χ1v) is 12.9. The van der Waals surface area contributed by atoms with Crippen LogP contribution in [0.4, 0.5) is 5.69 Å². The molecule has 2 fully saturated rings. The third-order valence-electron chi connectivity index (χ3n) is 8.65. The Hall–Kier alpha value is -2.04. The van der Waals surface area contributed by atoms with Gasteiger partial charge in [0.25, 0.3) is 0 Å². The first-order valence-electron chi connectivity index (χ1n) is 12.9. The zero-order valence-electron chi connectivity index (χ0n) is 20.2. The monoisotopic (exact) mass is 449 g/mol. The maximum atomic E-state index is 10.1. The second-order valence-electron chi connectivity index (χ2n) is 10.4. The first-order chi connectivity index (χ1) is 16.2. The highest BCUT2D eigenvalue weighted by Crippen LogP contribution is 2.49. The molecule has 0 aromatic heterocycles. The van der Waals surface area contributed by atoms with Crippen LogP contribution in [0.5, 0.6) is 5.75 Å². The van der Waals surface area contributed by atoms with Crippen LogP contribution in [0, 0.1) is 17.8 Å². The molecule has 0 bridgehead atoms. The van der Waals surface area contributed by atoms with Gasteiger partial charge in [-0.2, -0.15) is 0 Å². The average molecular weight is 450 g/mol. The topological polar surface area (TPSA) is 41.9 Å². The Bertz CT molecular complexity index is 909. The van der Waals surface area contributed by atoms with E-state index in [1.54, 1.807) is 14.2 Å². The van der Waals surface area contributed by atoms with Crippen molar-refractivity contribution in [3.05, 3.63) is 59.2 Å². The van der Waals surface area contributed by atoms with Crippen LogP contribution in [0.25, 0.3) is 0 Å². The molecule has 3 aliphatic rings. The fourth-order valence-corrected chi connectivity index (χ4v) is 6.96. The van der Waals surface area contributed by atoms with Gasteiger partial charge < -0.3 is 19.5 Å². The lowest BCUT2D eigenvalue weighted by Gasteiger charge is -2.38. The summed E-state index contributed by atoms with van der Waals surface area (Å²) in [4.78, 5) is 2.50. The maximum absolute atomic E-state index is 10.1. The summed E-state index contributed by atoms with van der Waals surface area (Å²) in [5, 5.41) is 10.1. The minimum absolute atomic E-state index is 0.0900. The summed E-state index contributed by atoms with van der Waals surface area (Å²) in [6.45, 7) is 2.09. The van der Waals surface area contributed by atoms with E-state index in [0.717, 1.165) is 38.3 Å². The highest BCUT2D eigenvalue weighted by Gasteiger charge is 2.37. The van der Waals surface area contributed by atoms with Crippen molar-refractivity contribution >= 4 is 5.69 Å². The molecule has 1 saturated heterocycles. The number of hydrogen-bond acceptors (Lipinski definition) is 4. The Kier molecular flexibility index (Phi) is 6.94. The van der Waals surface area contributed by atoms with Gasteiger partial charge in [-0.25, -0.2) is 0 Å². The molecule has 2 atom stereocenters. The molecule has 5 rings (SSSR count). The lowest BCUT2D eigenvalue weighted by molar-refractivity contribution is -0.141.